The van der Waals surface area contributed by atoms with Crippen molar-refractivity contribution in [3.05, 3.63) is 48.0 Å². The lowest BCUT2D eigenvalue weighted by Gasteiger charge is -1.98. The van der Waals surface area contributed by atoms with E-state index in [2.05, 4.69) is 11.1 Å². The van der Waals surface area contributed by atoms with Gasteiger partial charge in [0.1, 0.15) is 5.52 Å². The Bertz CT molecular complexity index is 1020. The highest BCUT2D eigenvalue weighted by Crippen LogP contribution is 2.27. The average Bonchev–Trinajstić information content (AvgIpc) is 2.77. The zero-order valence-corrected chi connectivity index (χ0v) is 10.8. The second-order valence-electron chi connectivity index (χ2n) is 4.79. The molecule has 0 unspecified atom stereocenters. The third-order valence-corrected chi connectivity index (χ3v) is 3.61. The molecule has 20 heavy (non-hydrogen) atoms. The van der Waals surface area contributed by atoms with Crippen molar-refractivity contribution in [1.29, 1.82) is 5.26 Å². The van der Waals surface area contributed by atoms with Crippen molar-refractivity contribution >= 4 is 33.1 Å². The van der Waals surface area contributed by atoms with Crippen LogP contribution in [-0.2, 0) is 7.05 Å². The molecule has 2 aromatic carbocycles. The summed E-state index contributed by atoms with van der Waals surface area (Å²) in [4.78, 5) is 9.40. The smallest absolute Gasteiger partial charge is 0.160 e. The van der Waals surface area contributed by atoms with E-state index in [9.17, 15) is 0 Å². The summed E-state index contributed by atoms with van der Waals surface area (Å²) < 4.78 is 1.99. The highest BCUT2D eigenvalue weighted by Gasteiger charge is 2.12. The first kappa shape index (κ1) is 10.9. The van der Waals surface area contributed by atoms with Crippen molar-refractivity contribution in [1.82, 2.24) is 14.5 Å². The summed E-state index contributed by atoms with van der Waals surface area (Å²) in [5.74, 6) is 0. The Morgan fingerprint density at radius 3 is 2.55 bits per heavy atom. The molecule has 0 aliphatic heterocycles. The number of nitriles is 1. The van der Waals surface area contributed by atoms with Gasteiger partial charge in [-0.3, -0.25) is 0 Å². The van der Waals surface area contributed by atoms with Crippen LogP contribution >= 0.6 is 0 Å². The van der Waals surface area contributed by atoms with Gasteiger partial charge in [-0.1, -0.05) is 12.1 Å². The Morgan fingerprint density at radius 1 is 1.05 bits per heavy atom. The molecule has 0 atom stereocenters. The van der Waals surface area contributed by atoms with E-state index in [0.29, 0.717) is 5.56 Å². The minimum atomic E-state index is 0.646. The van der Waals surface area contributed by atoms with Crippen molar-refractivity contribution in [2.24, 2.45) is 7.05 Å². The number of hydrogen-bond donors (Lipinski definition) is 0. The van der Waals surface area contributed by atoms with Crippen LogP contribution in [0.25, 0.3) is 33.1 Å². The van der Waals surface area contributed by atoms with E-state index >= 15 is 0 Å². The van der Waals surface area contributed by atoms with Gasteiger partial charge >= 0.3 is 0 Å². The van der Waals surface area contributed by atoms with E-state index in [1.54, 1.807) is 0 Å². The van der Waals surface area contributed by atoms with Crippen LogP contribution in [0.5, 0.6) is 0 Å². The summed E-state index contributed by atoms with van der Waals surface area (Å²) in [6.07, 6.45) is 0. The summed E-state index contributed by atoms with van der Waals surface area (Å²) >= 11 is 0. The van der Waals surface area contributed by atoms with Gasteiger partial charge in [0.05, 0.1) is 28.2 Å². The lowest BCUT2D eigenvalue weighted by molar-refractivity contribution is 0.992. The highest BCUT2D eigenvalue weighted by atomic mass is 15.0. The monoisotopic (exact) mass is 258 g/mol. The molecule has 4 heteroatoms. The number of aryl methyl sites for hydroxylation is 1. The predicted octanol–water partition coefficient (Wildman–Crippen LogP) is 3.15. The molecule has 0 N–H and O–H groups in total. The summed E-state index contributed by atoms with van der Waals surface area (Å²) in [5.41, 5.74) is 5.12. The largest absolute Gasteiger partial charge is 0.327 e. The van der Waals surface area contributed by atoms with Gasteiger partial charge in [0.25, 0.3) is 0 Å². The molecule has 0 spiro atoms. The number of rotatable bonds is 0. The molecule has 2 heterocycles. The molecule has 4 nitrogen and oxygen atoms in total. The Morgan fingerprint density at radius 2 is 1.80 bits per heavy atom. The summed E-state index contributed by atoms with van der Waals surface area (Å²) in [6, 6.07) is 15.6. The number of fused-ring (bicyclic) bond motifs is 4. The van der Waals surface area contributed by atoms with E-state index < -0.39 is 0 Å². The Balaban J connectivity index is 2.25. The molecule has 4 aromatic rings. The van der Waals surface area contributed by atoms with Crippen LogP contribution in [0.2, 0.25) is 0 Å². The van der Waals surface area contributed by atoms with Gasteiger partial charge in [-0.25, -0.2) is 9.97 Å². The number of hydrogen-bond acceptors (Lipinski definition) is 3. The molecule has 0 bridgehead atoms. The van der Waals surface area contributed by atoms with Gasteiger partial charge in [-0.15, -0.1) is 0 Å². The predicted molar refractivity (Wildman–Crippen MR) is 78.2 cm³/mol. The van der Waals surface area contributed by atoms with Crippen molar-refractivity contribution in [2.75, 3.05) is 0 Å². The first-order valence-electron chi connectivity index (χ1n) is 6.33. The molecule has 2 aromatic heterocycles. The van der Waals surface area contributed by atoms with Crippen molar-refractivity contribution in [3.63, 3.8) is 0 Å². The van der Waals surface area contributed by atoms with Crippen LogP contribution < -0.4 is 0 Å². The second kappa shape index (κ2) is 3.78. The van der Waals surface area contributed by atoms with Crippen LogP contribution in [0.1, 0.15) is 5.56 Å². The minimum Gasteiger partial charge on any atom is -0.327 e. The quantitative estimate of drug-likeness (QED) is 0.487. The van der Waals surface area contributed by atoms with Gasteiger partial charge < -0.3 is 4.57 Å². The van der Waals surface area contributed by atoms with Crippen molar-refractivity contribution < 1.29 is 0 Å². The van der Waals surface area contributed by atoms with E-state index in [-0.39, 0.29) is 0 Å². The molecule has 0 aliphatic rings. The van der Waals surface area contributed by atoms with Gasteiger partial charge in [0.2, 0.25) is 0 Å². The van der Waals surface area contributed by atoms with Crippen LogP contribution in [-0.4, -0.2) is 14.5 Å². The maximum absolute atomic E-state index is 9.03. The van der Waals surface area contributed by atoms with Gasteiger partial charge in [-0.05, 0) is 30.3 Å². The normalized spacial score (nSPS) is 11.2. The van der Waals surface area contributed by atoms with E-state index in [1.165, 1.54) is 0 Å². The molecule has 0 aliphatic carbocycles. The van der Waals surface area contributed by atoms with E-state index in [0.717, 1.165) is 33.1 Å². The maximum atomic E-state index is 9.03. The molecule has 0 saturated carbocycles. The summed E-state index contributed by atoms with van der Waals surface area (Å²) in [7, 11) is 1.95. The lowest BCUT2D eigenvalue weighted by Crippen LogP contribution is -1.91. The van der Waals surface area contributed by atoms with Crippen molar-refractivity contribution in [3.8, 4) is 6.07 Å². The second-order valence-corrected chi connectivity index (χ2v) is 4.79. The molecule has 4 rings (SSSR count). The maximum Gasteiger partial charge on any atom is 0.160 e. The Labute approximate surface area is 114 Å². The van der Waals surface area contributed by atoms with Gasteiger partial charge in [-0.2, -0.15) is 5.26 Å². The fourth-order valence-corrected chi connectivity index (χ4v) is 2.60. The molecule has 0 amide bonds. The third kappa shape index (κ3) is 1.35. The number of nitrogens with zero attached hydrogens (tertiary/aromatic N) is 4. The third-order valence-electron chi connectivity index (χ3n) is 3.61. The zero-order chi connectivity index (χ0) is 13.7. The van der Waals surface area contributed by atoms with Crippen LogP contribution in [0.4, 0.5) is 0 Å². The summed E-state index contributed by atoms with van der Waals surface area (Å²) in [5, 5.41) is 10.1. The first-order chi connectivity index (χ1) is 9.78. The van der Waals surface area contributed by atoms with Crippen LogP contribution in [0.15, 0.2) is 42.5 Å². The lowest BCUT2D eigenvalue weighted by atomic mass is 10.2. The van der Waals surface area contributed by atoms with Crippen LogP contribution in [0.3, 0.4) is 0 Å². The molecule has 0 saturated heterocycles. The minimum absolute atomic E-state index is 0.646. The standard InChI is InChI=1S/C16H10N4/c1-20-14-8-10(9-17)6-7-11(14)15-16(20)19-13-5-3-2-4-12(13)18-15/h2-8H,1H3. The number of aromatic nitrogens is 3. The molecular weight excluding hydrogens is 248 g/mol. The fraction of sp³-hybridized carbons (Fsp3) is 0.0625. The molecular formula is C16H10N4. The van der Waals surface area contributed by atoms with E-state index in [4.69, 9.17) is 10.2 Å². The molecule has 94 valence electrons. The Kier molecular flexibility index (Phi) is 2.07. The number of para-hydroxylation sites is 2. The average molecular weight is 258 g/mol. The van der Waals surface area contributed by atoms with Gasteiger partial charge in [0.15, 0.2) is 5.65 Å². The fourth-order valence-electron chi connectivity index (χ4n) is 2.60. The zero-order valence-electron chi connectivity index (χ0n) is 10.8. The highest BCUT2D eigenvalue weighted by molar-refractivity contribution is 6.06. The molecule has 0 radical (unpaired) electrons. The topological polar surface area (TPSA) is 54.5 Å². The molecule has 0 fully saturated rings. The van der Waals surface area contributed by atoms with Gasteiger partial charge in [0, 0.05) is 12.4 Å². The summed E-state index contributed by atoms with van der Waals surface area (Å²) in [6.45, 7) is 0. The van der Waals surface area contributed by atoms with Crippen molar-refractivity contribution in [2.45, 2.75) is 0 Å². The first-order valence-corrected chi connectivity index (χ1v) is 6.33. The SMILES string of the molecule is Cn1c2cc(C#N)ccc2c2nc3ccccc3nc21. The van der Waals surface area contributed by atoms with E-state index in [1.807, 2.05) is 54.1 Å². The number of benzene rings is 2. The Hall–Kier alpha value is -2.93. The van der Waals surface area contributed by atoms with Crippen LogP contribution in [0, 0.1) is 11.3 Å².